The van der Waals surface area contributed by atoms with E-state index in [0.717, 1.165) is 12.3 Å². The third kappa shape index (κ3) is 0.672. The molecule has 2 aliphatic rings. The van der Waals surface area contributed by atoms with Crippen LogP contribution in [0.15, 0.2) is 0 Å². The van der Waals surface area contributed by atoms with E-state index in [-0.39, 0.29) is 6.10 Å². The summed E-state index contributed by atoms with van der Waals surface area (Å²) in [7, 11) is 0. The van der Waals surface area contributed by atoms with E-state index >= 15 is 0 Å². The van der Waals surface area contributed by atoms with Crippen molar-refractivity contribution in [1.29, 1.82) is 0 Å². The molecule has 3 atom stereocenters. The van der Waals surface area contributed by atoms with Gasteiger partial charge in [0.15, 0.2) is 0 Å². The van der Waals surface area contributed by atoms with Gasteiger partial charge in [0.2, 0.25) is 0 Å². The van der Waals surface area contributed by atoms with Gasteiger partial charge in [0, 0.05) is 0 Å². The van der Waals surface area contributed by atoms with E-state index in [2.05, 4.69) is 6.92 Å². The summed E-state index contributed by atoms with van der Waals surface area (Å²) in [5.74, 6) is 0.858. The highest BCUT2D eigenvalue weighted by molar-refractivity contribution is 4.99. The number of aliphatic hydroxyl groups is 1. The first-order chi connectivity index (χ1) is 4.73. The maximum Gasteiger partial charge on any atom is 0.0596 e. The summed E-state index contributed by atoms with van der Waals surface area (Å²) < 4.78 is 0. The smallest absolute Gasteiger partial charge is 0.0596 e. The van der Waals surface area contributed by atoms with Gasteiger partial charge in [-0.1, -0.05) is 13.3 Å². The first kappa shape index (κ1) is 6.66. The predicted octanol–water partition coefficient (Wildman–Crippen LogP) is 1.95. The van der Waals surface area contributed by atoms with Crippen LogP contribution in [0, 0.1) is 11.3 Å². The Balaban J connectivity index is 2.12. The number of hydrogen-bond donors (Lipinski definition) is 1. The highest BCUT2D eigenvalue weighted by atomic mass is 16.3. The highest BCUT2D eigenvalue weighted by Crippen LogP contribution is 2.54. The zero-order valence-electron chi connectivity index (χ0n) is 6.64. The van der Waals surface area contributed by atoms with Crippen LogP contribution in [0.3, 0.4) is 0 Å². The minimum absolute atomic E-state index is 0.0139. The molecule has 58 valence electrons. The molecule has 0 aromatic carbocycles. The quantitative estimate of drug-likeness (QED) is 0.545. The molecule has 2 fully saturated rings. The molecule has 10 heavy (non-hydrogen) atoms. The van der Waals surface area contributed by atoms with Crippen LogP contribution in [-0.2, 0) is 0 Å². The first-order valence-corrected chi connectivity index (χ1v) is 4.41. The van der Waals surface area contributed by atoms with Gasteiger partial charge in [-0.2, -0.15) is 0 Å². The lowest BCUT2D eigenvalue weighted by Gasteiger charge is -2.53. The molecule has 1 N–H and O–H groups in total. The summed E-state index contributed by atoms with van der Waals surface area (Å²) in [5.41, 5.74) is 0.332. The second-order valence-electron chi connectivity index (χ2n) is 4.19. The SMILES string of the molecule is C[C@]12CCC1CCCC2O. The molecule has 1 heteroatoms. The first-order valence-electron chi connectivity index (χ1n) is 4.41. The molecule has 2 aliphatic carbocycles. The summed E-state index contributed by atoms with van der Waals surface area (Å²) in [4.78, 5) is 0. The lowest BCUT2D eigenvalue weighted by atomic mass is 9.53. The summed E-state index contributed by atoms with van der Waals surface area (Å²) >= 11 is 0. The van der Waals surface area contributed by atoms with Crippen LogP contribution in [0.25, 0.3) is 0 Å². The molecule has 0 bridgehead atoms. The molecule has 0 saturated heterocycles. The van der Waals surface area contributed by atoms with Crippen LogP contribution in [0.2, 0.25) is 0 Å². The molecule has 1 nitrogen and oxygen atoms in total. The fraction of sp³-hybridized carbons (Fsp3) is 1.00. The van der Waals surface area contributed by atoms with E-state index in [0.29, 0.717) is 5.41 Å². The van der Waals surface area contributed by atoms with Gasteiger partial charge in [0.05, 0.1) is 6.10 Å². The topological polar surface area (TPSA) is 20.2 Å². The Bertz CT molecular complexity index is 136. The molecule has 0 spiro atoms. The predicted molar refractivity (Wildman–Crippen MR) is 40.7 cm³/mol. The number of aliphatic hydroxyl groups excluding tert-OH is 1. The second-order valence-corrected chi connectivity index (χ2v) is 4.19. The van der Waals surface area contributed by atoms with E-state index in [1.54, 1.807) is 0 Å². The average Bonchev–Trinajstić information content (AvgIpc) is 1.90. The fourth-order valence-corrected chi connectivity index (χ4v) is 2.60. The number of fused-ring (bicyclic) bond motifs is 1. The summed E-state index contributed by atoms with van der Waals surface area (Å²) in [5, 5.41) is 9.66. The largest absolute Gasteiger partial charge is 0.393 e. The van der Waals surface area contributed by atoms with Crippen LogP contribution >= 0.6 is 0 Å². The zero-order chi connectivity index (χ0) is 7.19. The van der Waals surface area contributed by atoms with E-state index in [1.807, 2.05) is 0 Å². The maximum atomic E-state index is 9.66. The fourth-order valence-electron chi connectivity index (χ4n) is 2.60. The average molecular weight is 140 g/mol. The third-order valence-electron chi connectivity index (χ3n) is 3.76. The minimum Gasteiger partial charge on any atom is -0.393 e. The van der Waals surface area contributed by atoms with Gasteiger partial charge in [0.1, 0.15) is 0 Å². The van der Waals surface area contributed by atoms with Crippen LogP contribution in [0.1, 0.15) is 39.0 Å². The molecule has 0 aromatic rings. The number of rotatable bonds is 0. The van der Waals surface area contributed by atoms with Crippen molar-refractivity contribution in [3.63, 3.8) is 0 Å². The number of hydrogen-bond acceptors (Lipinski definition) is 1. The van der Waals surface area contributed by atoms with Crippen molar-refractivity contribution in [2.75, 3.05) is 0 Å². The van der Waals surface area contributed by atoms with E-state index < -0.39 is 0 Å². The Morgan fingerprint density at radius 3 is 2.50 bits per heavy atom. The van der Waals surface area contributed by atoms with Crippen molar-refractivity contribution in [3.05, 3.63) is 0 Å². The molecular formula is C9H16O. The lowest BCUT2D eigenvalue weighted by Crippen LogP contribution is -2.49. The van der Waals surface area contributed by atoms with E-state index in [1.165, 1.54) is 25.7 Å². The van der Waals surface area contributed by atoms with Gasteiger partial charge in [0.25, 0.3) is 0 Å². The van der Waals surface area contributed by atoms with Crippen LogP contribution in [0.5, 0.6) is 0 Å². The Labute approximate surface area is 62.4 Å². The Morgan fingerprint density at radius 2 is 2.10 bits per heavy atom. The molecule has 2 saturated carbocycles. The van der Waals surface area contributed by atoms with Gasteiger partial charge in [-0.25, -0.2) is 0 Å². The summed E-state index contributed by atoms with van der Waals surface area (Å²) in [6.07, 6.45) is 6.31. The van der Waals surface area contributed by atoms with Crippen molar-refractivity contribution in [1.82, 2.24) is 0 Å². The summed E-state index contributed by atoms with van der Waals surface area (Å²) in [6.45, 7) is 2.25. The molecule has 0 heterocycles. The van der Waals surface area contributed by atoms with Crippen molar-refractivity contribution >= 4 is 0 Å². The normalized spacial score (nSPS) is 53.4. The Kier molecular flexibility index (Phi) is 1.31. The molecule has 0 amide bonds. The van der Waals surface area contributed by atoms with Crippen molar-refractivity contribution in [2.24, 2.45) is 11.3 Å². The standard InChI is InChI=1S/C9H16O/c1-9-6-5-7(9)3-2-4-8(9)10/h7-8,10H,2-6H2,1H3/t7?,8?,9-/m0/s1. The zero-order valence-corrected chi connectivity index (χ0v) is 6.64. The van der Waals surface area contributed by atoms with Crippen LogP contribution in [0.4, 0.5) is 0 Å². The molecule has 0 radical (unpaired) electrons. The molecule has 0 aromatic heterocycles. The van der Waals surface area contributed by atoms with Gasteiger partial charge in [-0.15, -0.1) is 0 Å². The van der Waals surface area contributed by atoms with Crippen molar-refractivity contribution in [3.8, 4) is 0 Å². The summed E-state index contributed by atoms with van der Waals surface area (Å²) in [6, 6.07) is 0. The van der Waals surface area contributed by atoms with Gasteiger partial charge in [-0.05, 0) is 37.0 Å². The Hall–Kier alpha value is -0.0400. The maximum absolute atomic E-state index is 9.66. The minimum atomic E-state index is 0.0139. The second kappa shape index (κ2) is 1.97. The molecular weight excluding hydrogens is 124 g/mol. The van der Waals surface area contributed by atoms with Crippen LogP contribution in [-0.4, -0.2) is 11.2 Å². The monoisotopic (exact) mass is 140 g/mol. The third-order valence-corrected chi connectivity index (χ3v) is 3.76. The van der Waals surface area contributed by atoms with Crippen molar-refractivity contribution in [2.45, 2.75) is 45.1 Å². The Morgan fingerprint density at radius 1 is 1.30 bits per heavy atom. The molecule has 2 unspecified atom stereocenters. The highest BCUT2D eigenvalue weighted by Gasteiger charge is 2.49. The van der Waals surface area contributed by atoms with Gasteiger partial charge >= 0.3 is 0 Å². The van der Waals surface area contributed by atoms with Crippen molar-refractivity contribution < 1.29 is 5.11 Å². The van der Waals surface area contributed by atoms with Crippen LogP contribution < -0.4 is 0 Å². The van der Waals surface area contributed by atoms with Gasteiger partial charge < -0.3 is 5.11 Å². The lowest BCUT2D eigenvalue weighted by molar-refractivity contribution is -0.105. The van der Waals surface area contributed by atoms with Gasteiger partial charge in [-0.3, -0.25) is 0 Å². The van der Waals surface area contributed by atoms with E-state index in [4.69, 9.17) is 0 Å². The van der Waals surface area contributed by atoms with E-state index in [9.17, 15) is 5.11 Å². The molecule has 2 rings (SSSR count). The molecule has 0 aliphatic heterocycles.